The minimum Gasteiger partial charge on any atom is -0.483 e. The zero-order valence-electron chi connectivity index (χ0n) is 14.2. The van der Waals surface area contributed by atoms with Crippen LogP contribution in [0.4, 0.5) is 11.8 Å². The first kappa shape index (κ1) is 17.0. The minimum atomic E-state index is -0.148. The molecule has 7 heteroatoms. The number of rotatable bonds is 5. The van der Waals surface area contributed by atoms with Gasteiger partial charge in [0.15, 0.2) is 11.6 Å². The van der Waals surface area contributed by atoms with Crippen LogP contribution in [-0.2, 0) is 16.1 Å². The van der Waals surface area contributed by atoms with Gasteiger partial charge < -0.3 is 20.1 Å². The number of carbonyl (C=O) groups excluding carboxylic acids is 1. The number of hydrogen-bond acceptors (Lipinski definition) is 7. The molecule has 0 amide bonds. The van der Waals surface area contributed by atoms with Gasteiger partial charge >= 0.3 is 5.97 Å². The monoisotopic (exact) mass is 342 g/mol. The predicted octanol–water partition coefficient (Wildman–Crippen LogP) is 2.03. The summed E-state index contributed by atoms with van der Waals surface area (Å²) in [6.45, 7) is 1.81. The molecule has 1 aromatic carbocycles. The van der Waals surface area contributed by atoms with E-state index in [2.05, 4.69) is 9.97 Å². The molecule has 7 nitrogen and oxygen atoms in total. The molecule has 0 aliphatic carbocycles. The predicted molar refractivity (Wildman–Crippen MR) is 94.2 cm³/mol. The Bertz CT molecular complexity index is 716. The third-order valence-corrected chi connectivity index (χ3v) is 4.32. The Hall–Kier alpha value is -2.83. The van der Waals surface area contributed by atoms with Crippen molar-refractivity contribution in [2.75, 3.05) is 30.8 Å². The molecule has 2 N–H and O–H groups in total. The lowest BCUT2D eigenvalue weighted by atomic mass is 9.97. The van der Waals surface area contributed by atoms with Gasteiger partial charge in [0.2, 0.25) is 5.95 Å². The molecule has 0 bridgehead atoms. The summed E-state index contributed by atoms with van der Waals surface area (Å²) in [5.74, 6) is 1.15. The quantitative estimate of drug-likeness (QED) is 0.831. The first-order valence-corrected chi connectivity index (χ1v) is 8.29. The van der Waals surface area contributed by atoms with Crippen molar-refractivity contribution in [3.05, 3.63) is 42.1 Å². The van der Waals surface area contributed by atoms with Gasteiger partial charge in [-0.15, -0.1) is 0 Å². The summed E-state index contributed by atoms with van der Waals surface area (Å²) in [7, 11) is 1.42. The highest BCUT2D eigenvalue weighted by molar-refractivity contribution is 5.72. The SMILES string of the molecule is COC(=O)C1CCN(c2ncc(OCc3ccccc3)c(N)n2)CC1. The Labute approximate surface area is 146 Å². The van der Waals surface area contributed by atoms with E-state index in [9.17, 15) is 4.79 Å². The zero-order chi connectivity index (χ0) is 17.6. The van der Waals surface area contributed by atoms with Crippen LogP contribution in [0.3, 0.4) is 0 Å². The highest BCUT2D eigenvalue weighted by Crippen LogP contribution is 2.25. The maximum absolute atomic E-state index is 11.6. The first-order chi connectivity index (χ1) is 12.2. The average molecular weight is 342 g/mol. The number of esters is 1. The number of nitrogens with two attached hydrogens (primary N) is 1. The number of piperidine rings is 1. The number of ether oxygens (including phenoxy) is 2. The molecule has 2 heterocycles. The topological polar surface area (TPSA) is 90.6 Å². The lowest BCUT2D eigenvalue weighted by molar-refractivity contribution is -0.146. The molecule has 3 rings (SSSR count). The van der Waals surface area contributed by atoms with E-state index in [0.717, 1.165) is 18.4 Å². The summed E-state index contributed by atoms with van der Waals surface area (Å²) in [4.78, 5) is 22.3. The molecular weight excluding hydrogens is 320 g/mol. The highest BCUT2D eigenvalue weighted by Gasteiger charge is 2.27. The van der Waals surface area contributed by atoms with Gasteiger partial charge in [-0.05, 0) is 18.4 Å². The van der Waals surface area contributed by atoms with Crippen LogP contribution in [-0.4, -0.2) is 36.1 Å². The van der Waals surface area contributed by atoms with Crippen molar-refractivity contribution in [2.24, 2.45) is 5.92 Å². The number of nitrogen functional groups attached to an aromatic ring is 1. The van der Waals surface area contributed by atoms with Crippen LogP contribution in [0.25, 0.3) is 0 Å². The molecule has 132 valence electrons. The van der Waals surface area contributed by atoms with Crippen LogP contribution in [0.2, 0.25) is 0 Å². The Morgan fingerprint density at radius 1 is 1.28 bits per heavy atom. The van der Waals surface area contributed by atoms with Crippen molar-refractivity contribution in [1.29, 1.82) is 0 Å². The Morgan fingerprint density at radius 2 is 2.00 bits per heavy atom. The van der Waals surface area contributed by atoms with E-state index in [-0.39, 0.29) is 11.9 Å². The second-order valence-electron chi connectivity index (χ2n) is 5.98. The number of hydrogen-bond donors (Lipinski definition) is 1. The van der Waals surface area contributed by atoms with Gasteiger partial charge in [-0.25, -0.2) is 4.98 Å². The van der Waals surface area contributed by atoms with Gasteiger partial charge in [0.05, 0.1) is 19.2 Å². The van der Waals surface area contributed by atoms with Crippen LogP contribution in [0.15, 0.2) is 36.5 Å². The van der Waals surface area contributed by atoms with Crippen LogP contribution in [0.5, 0.6) is 5.75 Å². The van der Waals surface area contributed by atoms with E-state index in [1.54, 1.807) is 6.20 Å². The smallest absolute Gasteiger partial charge is 0.308 e. The number of methoxy groups -OCH3 is 1. The molecule has 0 saturated carbocycles. The lowest BCUT2D eigenvalue weighted by Crippen LogP contribution is -2.37. The Morgan fingerprint density at radius 3 is 2.64 bits per heavy atom. The van der Waals surface area contributed by atoms with Gasteiger partial charge in [-0.3, -0.25) is 4.79 Å². The molecule has 0 spiro atoms. The van der Waals surface area contributed by atoms with E-state index in [1.165, 1.54) is 7.11 Å². The van der Waals surface area contributed by atoms with Gasteiger partial charge in [0, 0.05) is 13.1 Å². The maximum Gasteiger partial charge on any atom is 0.308 e. The van der Waals surface area contributed by atoms with Gasteiger partial charge in [0.25, 0.3) is 0 Å². The summed E-state index contributed by atoms with van der Waals surface area (Å²) in [5, 5.41) is 0. The standard InChI is InChI=1S/C18H22N4O3/c1-24-17(23)14-7-9-22(10-8-14)18-20-11-15(16(19)21-18)25-12-13-5-3-2-4-6-13/h2-6,11,14H,7-10,12H2,1H3,(H2,19,20,21). The first-order valence-electron chi connectivity index (χ1n) is 8.29. The van der Waals surface area contributed by atoms with Crippen molar-refractivity contribution in [2.45, 2.75) is 19.4 Å². The highest BCUT2D eigenvalue weighted by atomic mass is 16.5. The fourth-order valence-electron chi connectivity index (χ4n) is 2.85. The number of anilines is 2. The number of carbonyl (C=O) groups is 1. The third kappa shape index (κ3) is 4.17. The molecule has 1 fully saturated rings. The molecule has 0 unspecified atom stereocenters. The van der Waals surface area contributed by atoms with Gasteiger partial charge in [0.1, 0.15) is 6.61 Å². The third-order valence-electron chi connectivity index (χ3n) is 4.32. The lowest BCUT2D eigenvalue weighted by Gasteiger charge is -2.30. The van der Waals surface area contributed by atoms with Crippen molar-refractivity contribution >= 4 is 17.7 Å². The summed E-state index contributed by atoms with van der Waals surface area (Å²) >= 11 is 0. The molecule has 1 saturated heterocycles. The van der Waals surface area contributed by atoms with Crippen LogP contribution < -0.4 is 15.4 Å². The van der Waals surface area contributed by atoms with Crippen molar-refractivity contribution in [3.8, 4) is 5.75 Å². The van der Waals surface area contributed by atoms with E-state index in [1.807, 2.05) is 35.2 Å². The number of aromatic nitrogens is 2. The van der Waals surface area contributed by atoms with E-state index < -0.39 is 0 Å². The Kier molecular flexibility index (Phi) is 5.33. The fourth-order valence-corrected chi connectivity index (χ4v) is 2.85. The molecule has 1 aliphatic rings. The number of nitrogens with zero attached hydrogens (tertiary/aromatic N) is 3. The molecular formula is C18H22N4O3. The fraction of sp³-hybridized carbons (Fsp3) is 0.389. The molecule has 0 atom stereocenters. The average Bonchev–Trinajstić information content (AvgIpc) is 2.67. The van der Waals surface area contributed by atoms with Crippen molar-refractivity contribution in [3.63, 3.8) is 0 Å². The number of benzene rings is 1. The molecule has 1 aromatic heterocycles. The zero-order valence-corrected chi connectivity index (χ0v) is 14.2. The summed E-state index contributed by atoms with van der Waals surface area (Å²) in [6, 6.07) is 9.84. The van der Waals surface area contributed by atoms with Gasteiger partial charge in [-0.1, -0.05) is 30.3 Å². The van der Waals surface area contributed by atoms with Crippen LogP contribution in [0, 0.1) is 5.92 Å². The van der Waals surface area contributed by atoms with E-state index in [4.69, 9.17) is 15.2 Å². The Balaban J connectivity index is 1.59. The minimum absolute atomic E-state index is 0.0490. The second kappa shape index (κ2) is 7.83. The summed E-state index contributed by atoms with van der Waals surface area (Å²) in [6.07, 6.45) is 3.05. The molecule has 25 heavy (non-hydrogen) atoms. The normalized spacial score (nSPS) is 15.0. The second-order valence-corrected chi connectivity index (χ2v) is 5.98. The largest absolute Gasteiger partial charge is 0.483 e. The molecule has 0 radical (unpaired) electrons. The van der Waals surface area contributed by atoms with Crippen molar-refractivity contribution < 1.29 is 14.3 Å². The maximum atomic E-state index is 11.6. The van der Waals surface area contributed by atoms with Crippen LogP contribution in [0.1, 0.15) is 18.4 Å². The van der Waals surface area contributed by atoms with E-state index in [0.29, 0.717) is 37.2 Å². The van der Waals surface area contributed by atoms with Crippen molar-refractivity contribution in [1.82, 2.24) is 9.97 Å². The summed E-state index contributed by atoms with van der Waals surface area (Å²) < 4.78 is 10.5. The van der Waals surface area contributed by atoms with E-state index >= 15 is 0 Å². The van der Waals surface area contributed by atoms with Crippen LogP contribution >= 0.6 is 0 Å². The summed E-state index contributed by atoms with van der Waals surface area (Å²) in [5.41, 5.74) is 7.06. The molecule has 2 aromatic rings. The van der Waals surface area contributed by atoms with Gasteiger partial charge in [-0.2, -0.15) is 4.98 Å². The molecule has 1 aliphatic heterocycles.